The van der Waals surface area contributed by atoms with Gasteiger partial charge in [0, 0.05) is 5.56 Å². The van der Waals surface area contributed by atoms with Crippen molar-refractivity contribution in [3.8, 4) is 17.2 Å². The molecule has 0 fully saturated rings. The van der Waals surface area contributed by atoms with Gasteiger partial charge in [0.25, 0.3) is 0 Å². The van der Waals surface area contributed by atoms with Crippen LogP contribution >= 0.6 is 0 Å². The van der Waals surface area contributed by atoms with Crippen LogP contribution in [-0.2, 0) is 13.2 Å². The molecule has 0 atom stereocenters. The molecule has 0 bridgehead atoms. The molecule has 0 amide bonds. The molecule has 2 aromatic rings. The first-order chi connectivity index (χ1) is 10.2. The zero-order valence-corrected chi connectivity index (χ0v) is 12.6. The second kappa shape index (κ2) is 6.99. The first kappa shape index (κ1) is 15.2. The Labute approximate surface area is 124 Å². The van der Waals surface area contributed by atoms with Gasteiger partial charge in [0.05, 0.1) is 20.8 Å². The summed E-state index contributed by atoms with van der Waals surface area (Å²) in [7, 11) is 3.23. The maximum absolute atomic E-state index is 9.22. The molecule has 0 saturated carbocycles. The Morgan fingerprint density at radius 1 is 0.905 bits per heavy atom. The van der Waals surface area contributed by atoms with Crippen LogP contribution in [0.2, 0.25) is 0 Å². The Balaban J connectivity index is 2.19. The van der Waals surface area contributed by atoms with Crippen molar-refractivity contribution in [3.05, 3.63) is 53.1 Å². The van der Waals surface area contributed by atoms with Crippen molar-refractivity contribution in [1.82, 2.24) is 0 Å². The van der Waals surface area contributed by atoms with Crippen LogP contribution in [0.25, 0.3) is 0 Å². The first-order valence-corrected chi connectivity index (χ1v) is 6.72. The van der Waals surface area contributed by atoms with Gasteiger partial charge < -0.3 is 19.3 Å². The van der Waals surface area contributed by atoms with Gasteiger partial charge >= 0.3 is 0 Å². The molecule has 2 aromatic carbocycles. The molecule has 0 spiro atoms. The van der Waals surface area contributed by atoms with Crippen LogP contribution in [-0.4, -0.2) is 19.3 Å². The minimum Gasteiger partial charge on any atom is -0.496 e. The summed E-state index contributed by atoms with van der Waals surface area (Å²) in [6, 6.07) is 11.3. The largest absolute Gasteiger partial charge is 0.496 e. The second-order valence-corrected chi connectivity index (χ2v) is 4.75. The smallest absolute Gasteiger partial charge is 0.161 e. The van der Waals surface area contributed by atoms with E-state index in [1.807, 2.05) is 43.3 Å². The quantitative estimate of drug-likeness (QED) is 0.887. The zero-order valence-electron chi connectivity index (χ0n) is 12.6. The molecule has 0 aliphatic heterocycles. The number of ether oxygens (including phenoxy) is 3. The number of benzene rings is 2. The number of hydrogen-bond donors (Lipinski definition) is 1. The fourth-order valence-corrected chi connectivity index (χ4v) is 2.09. The van der Waals surface area contributed by atoms with Gasteiger partial charge in [-0.15, -0.1) is 0 Å². The summed E-state index contributed by atoms with van der Waals surface area (Å²) in [5, 5.41) is 9.22. The molecule has 0 radical (unpaired) electrons. The highest BCUT2D eigenvalue weighted by Crippen LogP contribution is 2.30. The summed E-state index contributed by atoms with van der Waals surface area (Å²) in [4.78, 5) is 0. The topological polar surface area (TPSA) is 47.9 Å². The van der Waals surface area contributed by atoms with Gasteiger partial charge in [-0.1, -0.05) is 12.1 Å². The lowest BCUT2D eigenvalue weighted by Gasteiger charge is -2.14. The molecule has 4 heteroatoms. The fourth-order valence-electron chi connectivity index (χ4n) is 2.09. The van der Waals surface area contributed by atoms with Crippen LogP contribution in [0.15, 0.2) is 36.4 Å². The molecule has 4 nitrogen and oxygen atoms in total. The average Bonchev–Trinajstić information content (AvgIpc) is 2.53. The molecule has 0 heterocycles. The van der Waals surface area contributed by atoms with E-state index in [-0.39, 0.29) is 6.61 Å². The standard InChI is InChI=1S/C17H20O4/c1-12-4-6-16(17(8-12)20-3)21-11-14-9-13(10-18)5-7-15(14)19-2/h4-9,18H,10-11H2,1-3H3. The first-order valence-electron chi connectivity index (χ1n) is 6.72. The SMILES string of the molecule is COc1ccc(CO)cc1COc1ccc(C)cc1OC. The van der Waals surface area contributed by atoms with Gasteiger partial charge in [-0.25, -0.2) is 0 Å². The van der Waals surface area contributed by atoms with E-state index in [2.05, 4.69) is 0 Å². The van der Waals surface area contributed by atoms with Crippen molar-refractivity contribution < 1.29 is 19.3 Å². The highest BCUT2D eigenvalue weighted by Gasteiger charge is 2.08. The van der Waals surface area contributed by atoms with Crippen LogP contribution in [0.4, 0.5) is 0 Å². The van der Waals surface area contributed by atoms with E-state index in [4.69, 9.17) is 14.2 Å². The number of hydrogen-bond acceptors (Lipinski definition) is 4. The maximum Gasteiger partial charge on any atom is 0.161 e. The highest BCUT2D eigenvalue weighted by atomic mass is 16.5. The molecular formula is C17H20O4. The summed E-state index contributed by atoms with van der Waals surface area (Å²) in [5.41, 5.74) is 2.82. The summed E-state index contributed by atoms with van der Waals surface area (Å²) in [5.74, 6) is 2.12. The summed E-state index contributed by atoms with van der Waals surface area (Å²) >= 11 is 0. The molecule has 112 valence electrons. The Morgan fingerprint density at radius 2 is 1.62 bits per heavy atom. The normalized spacial score (nSPS) is 10.3. The van der Waals surface area contributed by atoms with Crippen molar-refractivity contribution in [1.29, 1.82) is 0 Å². The van der Waals surface area contributed by atoms with E-state index in [1.165, 1.54) is 0 Å². The van der Waals surface area contributed by atoms with Crippen LogP contribution in [0.5, 0.6) is 17.2 Å². The lowest BCUT2D eigenvalue weighted by atomic mass is 10.1. The molecule has 0 aromatic heterocycles. The average molecular weight is 288 g/mol. The summed E-state index contributed by atoms with van der Waals surface area (Å²) in [6.45, 7) is 2.33. The van der Waals surface area contributed by atoms with Crippen LogP contribution in [0.3, 0.4) is 0 Å². The number of aryl methyl sites for hydroxylation is 1. The van der Waals surface area contributed by atoms with Gasteiger partial charge in [0.1, 0.15) is 12.4 Å². The Hall–Kier alpha value is -2.20. The van der Waals surface area contributed by atoms with Crippen LogP contribution in [0.1, 0.15) is 16.7 Å². The van der Waals surface area contributed by atoms with E-state index in [0.717, 1.165) is 22.4 Å². The van der Waals surface area contributed by atoms with Crippen LogP contribution < -0.4 is 14.2 Å². The third-order valence-electron chi connectivity index (χ3n) is 3.23. The van der Waals surface area contributed by atoms with Crippen molar-refractivity contribution >= 4 is 0 Å². The Morgan fingerprint density at radius 3 is 2.29 bits per heavy atom. The predicted octanol–water partition coefficient (Wildman–Crippen LogP) is 3.08. The number of rotatable bonds is 6. The van der Waals surface area contributed by atoms with Gasteiger partial charge in [-0.3, -0.25) is 0 Å². The van der Waals surface area contributed by atoms with Gasteiger partial charge in [-0.2, -0.15) is 0 Å². The molecule has 0 aliphatic rings. The molecular weight excluding hydrogens is 268 g/mol. The Bertz CT molecular complexity index is 608. The van der Waals surface area contributed by atoms with Crippen molar-refractivity contribution in [2.75, 3.05) is 14.2 Å². The van der Waals surface area contributed by atoms with E-state index in [1.54, 1.807) is 14.2 Å². The fraction of sp³-hybridized carbons (Fsp3) is 0.294. The predicted molar refractivity (Wildman–Crippen MR) is 81.0 cm³/mol. The lowest BCUT2D eigenvalue weighted by Crippen LogP contribution is -2.01. The number of aliphatic hydroxyl groups excluding tert-OH is 1. The summed E-state index contributed by atoms with van der Waals surface area (Å²) < 4.78 is 16.5. The van der Waals surface area contributed by atoms with Gasteiger partial charge in [0.2, 0.25) is 0 Å². The third-order valence-corrected chi connectivity index (χ3v) is 3.23. The third kappa shape index (κ3) is 3.67. The molecule has 21 heavy (non-hydrogen) atoms. The van der Waals surface area contributed by atoms with Crippen molar-refractivity contribution in [2.24, 2.45) is 0 Å². The van der Waals surface area contributed by atoms with E-state index in [9.17, 15) is 5.11 Å². The van der Waals surface area contributed by atoms with E-state index >= 15 is 0 Å². The molecule has 0 aliphatic carbocycles. The van der Waals surface area contributed by atoms with E-state index in [0.29, 0.717) is 18.1 Å². The van der Waals surface area contributed by atoms with Crippen molar-refractivity contribution in [3.63, 3.8) is 0 Å². The minimum absolute atomic E-state index is 0.00908. The van der Waals surface area contributed by atoms with Crippen molar-refractivity contribution in [2.45, 2.75) is 20.1 Å². The van der Waals surface area contributed by atoms with Crippen LogP contribution in [0, 0.1) is 6.92 Å². The second-order valence-electron chi connectivity index (χ2n) is 4.75. The molecule has 0 unspecified atom stereocenters. The lowest BCUT2D eigenvalue weighted by molar-refractivity contribution is 0.273. The zero-order chi connectivity index (χ0) is 15.2. The number of aliphatic hydroxyl groups is 1. The van der Waals surface area contributed by atoms with E-state index < -0.39 is 0 Å². The molecule has 1 N–H and O–H groups in total. The molecule has 2 rings (SSSR count). The minimum atomic E-state index is -0.00908. The highest BCUT2D eigenvalue weighted by molar-refractivity contribution is 5.43. The summed E-state index contributed by atoms with van der Waals surface area (Å²) in [6.07, 6.45) is 0. The number of methoxy groups -OCH3 is 2. The molecule has 0 saturated heterocycles. The monoisotopic (exact) mass is 288 g/mol. The van der Waals surface area contributed by atoms with Gasteiger partial charge in [-0.05, 0) is 42.3 Å². The van der Waals surface area contributed by atoms with Gasteiger partial charge in [0.15, 0.2) is 11.5 Å². The Kier molecular flexibility index (Phi) is 5.06. The maximum atomic E-state index is 9.22.